The maximum absolute atomic E-state index is 12.0. The van der Waals surface area contributed by atoms with Crippen LogP contribution in [0.25, 0.3) is 0 Å². The van der Waals surface area contributed by atoms with E-state index >= 15 is 0 Å². The van der Waals surface area contributed by atoms with Crippen molar-refractivity contribution in [2.24, 2.45) is 0 Å². The summed E-state index contributed by atoms with van der Waals surface area (Å²) in [4.78, 5) is 11.2. The van der Waals surface area contributed by atoms with Gasteiger partial charge in [0.05, 0.1) is 0 Å². The molecule has 0 aromatic rings. The van der Waals surface area contributed by atoms with Crippen LogP contribution in [0, 0.1) is 11.3 Å². The number of rotatable bonds is 5. The fourth-order valence-electron chi connectivity index (χ4n) is 1.05. The molecule has 18 heavy (non-hydrogen) atoms. The van der Waals surface area contributed by atoms with Crippen molar-refractivity contribution >= 4 is 5.78 Å². The van der Waals surface area contributed by atoms with Gasteiger partial charge in [0.15, 0.2) is 5.78 Å². The first kappa shape index (κ1) is 18.8. The van der Waals surface area contributed by atoms with Crippen LogP contribution in [-0.2, 0) is 4.79 Å². The predicted octanol–water partition coefficient (Wildman–Crippen LogP) is 4.06. The van der Waals surface area contributed by atoms with E-state index in [0.29, 0.717) is 12.8 Å². The second-order valence-electron chi connectivity index (χ2n) is 3.21. The molecule has 0 radical (unpaired) electrons. The maximum Gasteiger partial charge on any atom is 0.450 e. The molecule has 0 rings (SSSR count). The van der Waals surface area contributed by atoms with E-state index in [1.54, 1.807) is 0 Å². The molecular weight excluding hydrogens is 247 g/mol. The van der Waals surface area contributed by atoms with Crippen LogP contribution < -0.4 is 0 Å². The zero-order valence-corrected chi connectivity index (χ0v) is 10.8. The molecule has 0 fully saturated rings. The van der Waals surface area contributed by atoms with Gasteiger partial charge >= 0.3 is 6.18 Å². The minimum atomic E-state index is -5.05. The van der Waals surface area contributed by atoms with E-state index < -0.39 is 23.3 Å². The molecular formula is C12H18F3NO2. The molecule has 0 saturated heterocycles. The van der Waals surface area contributed by atoms with E-state index in [4.69, 9.17) is 10.4 Å². The molecule has 3 nitrogen and oxygen atoms in total. The first-order valence-electron chi connectivity index (χ1n) is 5.78. The molecule has 0 saturated carbocycles. The summed E-state index contributed by atoms with van der Waals surface area (Å²) in [7, 11) is 0. The van der Waals surface area contributed by atoms with Crippen LogP contribution in [0.2, 0.25) is 0 Å². The Morgan fingerprint density at radius 1 is 1.28 bits per heavy atom. The number of Topliss-reactive ketones (excluding diaryl/α,β-unsaturated/α-hetero) is 1. The number of nitriles is 1. The fraction of sp³-hybridized carbons (Fsp3) is 0.667. The second kappa shape index (κ2) is 9.51. The number of aliphatic hydroxyl groups excluding tert-OH is 1. The Bertz CT molecular complexity index is 327. The molecule has 0 atom stereocenters. The molecule has 0 aliphatic rings. The van der Waals surface area contributed by atoms with Crippen molar-refractivity contribution in [1.82, 2.24) is 0 Å². The van der Waals surface area contributed by atoms with Gasteiger partial charge in [0, 0.05) is 6.42 Å². The zero-order valence-electron chi connectivity index (χ0n) is 10.8. The number of allylic oxidation sites excluding steroid dienone is 2. The smallest absolute Gasteiger partial charge is 0.450 e. The van der Waals surface area contributed by atoms with E-state index in [2.05, 4.69) is 0 Å². The number of halogens is 3. The summed E-state index contributed by atoms with van der Waals surface area (Å²) in [5.41, 5.74) is -1.20. The van der Waals surface area contributed by atoms with Crippen LogP contribution >= 0.6 is 0 Å². The largest absolute Gasteiger partial charge is 0.503 e. The lowest BCUT2D eigenvalue weighted by Crippen LogP contribution is -2.17. The molecule has 1 N–H and O–H groups in total. The molecule has 0 aliphatic heterocycles. The summed E-state index contributed by atoms with van der Waals surface area (Å²) in [5.74, 6) is -3.07. The number of carbonyl (C=O) groups excluding carboxylic acids is 1. The zero-order chi connectivity index (χ0) is 14.8. The number of carbonyl (C=O) groups is 1. The summed E-state index contributed by atoms with van der Waals surface area (Å²) in [6, 6.07) is 1.10. The normalized spacial score (nSPS) is 11.8. The van der Waals surface area contributed by atoms with Gasteiger partial charge in [-0.1, -0.05) is 33.6 Å². The van der Waals surface area contributed by atoms with E-state index in [9.17, 15) is 18.0 Å². The lowest BCUT2D eigenvalue weighted by molar-refractivity contribution is -0.126. The summed E-state index contributed by atoms with van der Waals surface area (Å²) < 4.78 is 36.1. The van der Waals surface area contributed by atoms with Crippen LogP contribution in [0.5, 0.6) is 0 Å². The van der Waals surface area contributed by atoms with Crippen LogP contribution in [0.4, 0.5) is 13.2 Å². The number of ketones is 1. The van der Waals surface area contributed by atoms with Crippen molar-refractivity contribution in [3.63, 3.8) is 0 Å². The van der Waals surface area contributed by atoms with Gasteiger partial charge in [-0.15, -0.1) is 0 Å². The Hall–Kier alpha value is -1.51. The monoisotopic (exact) mass is 265 g/mol. The van der Waals surface area contributed by atoms with Gasteiger partial charge in [-0.25, -0.2) is 0 Å². The van der Waals surface area contributed by atoms with E-state index in [-0.39, 0.29) is 6.42 Å². The van der Waals surface area contributed by atoms with E-state index in [0.717, 1.165) is 12.5 Å². The Morgan fingerprint density at radius 3 is 2.11 bits per heavy atom. The van der Waals surface area contributed by atoms with E-state index in [1.807, 2.05) is 20.8 Å². The lowest BCUT2D eigenvalue weighted by Gasteiger charge is -2.06. The molecule has 0 aromatic heterocycles. The highest BCUT2D eigenvalue weighted by molar-refractivity contribution is 5.99. The molecule has 0 spiro atoms. The number of unbranched alkanes of at least 4 members (excludes halogenated alkanes) is 2. The Kier molecular flexibility index (Phi) is 9.96. The van der Waals surface area contributed by atoms with Crippen molar-refractivity contribution in [1.29, 1.82) is 5.26 Å². The first-order valence-corrected chi connectivity index (χ1v) is 5.78. The van der Waals surface area contributed by atoms with Crippen molar-refractivity contribution in [2.45, 2.75) is 52.6 Å². The molecule has 0 aliphatic carbocycles. The molecule has 0 amide bonds. The summed E-state index contributed by atoms with van der Waals surface area (Å²) in [6.45, 7) is 5.87. The van der Waals surface area contributed by atoms with Crippen LogP contribution in [-0.4, -0.2) is 17.1 Å². The van der Waals surface area contributed by atoms with Crippen LogP contribution in [0.1, 0.15) is 46.5 Å². The molecule has 0 heterocycles. The molecule has 0 bridgehead atoms. The van der Waals surface area contributed by atoms with Gasteiger partial charge in [-0.2, -0.15) is 18.4 Å². The average Bonchev–Trinajstić information content (AvgIpc) is 2.31. The van der Waals surface area contributed by atoms with Gasteiger partial charge in [-0.05, 0) is 6.42 Å². The Balaban J connectivity index is 0. The minimum absolute atomic E-state index is 0.156. The van der Waals surface area contributed by atoms with Crippen molar-refractivity contribution in [2.75, 3.05) is 0 Å². The fourth-order valence-corrected chi connectivity index (χ4v) is 1.05. The average molecular weight is 265 g/mol. The number of alkyl halides is 3. The first-order chi connectivity index (χ1) is 8.34. The highest BCUT2D eigenvalue weighted by atomic mass is 19.4. The summed E-state index contributed by atoms with van der Waals surface area (Å²) >= 11 is 0. The van der Waals surface area contributed by atoms with E-state index in [1.165, 1.54) is 0 Å². The van der Waals surface area contributed by atoms with Crippen LogP contribution in [0.3, 0.4) is 0 Å². The Morgan fingerprint density at radius 2 is 1.78 bits per heavy atom. The maximum atomic E-state index is 12.0. The van der Waals surface area contributed by atoms with Gasteiger partial charge < -0.3 is 5.11 Å². The third-order valence-electron chi connectivity index (χ3n) is 1.90. The van der Waals surface area contributed by atoms with Crippen LogP contribution in [0.15, 0.2) is 11.3 Å². The quantitative estimate of drug-likeness (QED) is 0.353. The van der Waals surface area contributed by atoms with Gasteiger partial charge in [0.2, 0.25) is 5.76 Å². The SMILES string of the molecule is CC.CCCCCC(=O)/C(C#N)=C(\O)C(F)(F)F. The minimum Gasteiger partial charge on any atom is -0.503 e. The number of hydrogen-bond acceptors (Lipinski definition) is 3. The summed E-state index contributed by atoms with van der Waals surface area (Å²) in [6.07, 6.45) is -3.30. The standard InChI is InChI=1S/C10H12F3NO2.C2H6/c1-2-3-4-5-8(15)7(6-14)9(16)10(11,12)13;1-2/h16H,2-5H2,1H3;1-2H3/b9-7-;. The van der Waals surface area contributed by atoms with Crippen molar-refractivity contribution in [3.8, 4) is 6.07 Å². The van der Waals surface area contributed by atoms with Gasteiger partial charge in [0.1, 0.15) is 11.6 Å². The topological polar surface area (TPSA) is 61.1 Å². The summed E-state index contributed by atoms with van der Waals surface area (Å²) in [5, 5.41) is 17.1. The van der Waals surface area contributed by atoms with Gasteiger partial charge in [0.25, 0.3) is 0 Å². The van der Waals surface area contributed by atoms with Crippen molar-refractivity contribution in [3.05, 3.63) is 11.3 Å². The number of hydrogen-bond donors (Lipinski definition) is 1. The molecule has 104 valence electrons. The predicted molar refractivity (Wildman–Crippen MR) is 61.8 cm³/mol. The highest BCUT2D eigenvalue weighted by Crippen LogP contribution is 2.26. The second-order valence-corrected chi connectivity index (χ2v) is 3.21. The molecule has 6 heteroatoms. The Labute approximate surface area is 105 Å². The third kappa shape index (κ3) is 6.94. The third-order valence-corrected chi connectivity index (χ3v) is 1.90. The lowest BCUT2D eigenvalue weighted by atomic mass is 10.0. The molecule has 0 aromatic carbocycles. The number of aliphatic hydroxyl groups is 1. The molecule has 0 unspecified atom stereocenters. The number of nitrogens with zero attached hydrogens (tertiary/aromatic N) is 1. The van der Waals surface area contributed by atoms with Gasteiger partial charge in [-0.3, -0.25) is 4.79 Å². The van der Waals surface area contributed by atoms with Crippen molar-refractivity contribution < 1.29 is 23.1 Å². The highest BCUT2D eigenvalue weighted by Gasteiger charge is 2.38.